The second-order valence-electron chi connectivity index (χ2n) is 10.6. The van der Waals surface area contributed by atoms with Gasteiger partial charge in [0.1, 0.15) is 12.7 Å². The summed E-state index contributed by atoms with van der Waals surface area (Å²) in [6, 6.07) is 14.5. The van der Waals surface area contributed by atoms with Crippen LogP contribution >= 0.6 is 0 Å². The predicted molar refractivity (Wildman–Crippen MR) is 120 cm³/mol. The average molecular weight is 434 g/mol. The van der Waals surface area contributed by atoms with Gasteiger partial charge >= 0.3 is 0 Å². The fourth-order valence-corrected chi connectivity index (χ4v) is 7.29. The molecule has 5 nitrogen and oxygen atoms in total. The Balaban J connectivity index is 1.31. The molecule has 168 valence electrons. The lowest BCUT2D eigenvalue weighted by Gasteiger charge is -2.63. The third-order valence-electron chi connectivity index (χ3n) is 8.95. The molecular formula is C27H31NO4. The van der Waals surface area contributed by atoms with E-state index in [0.29, 0.717) is 19.4 Å². The minimum Gasteiger partial charge on any atom is -0.485 e. The molecule has 0 aromatic heterocycles. The van der Waals surface area contributed by atoms with Crippen molar-refractivity contribution in [3.05, 3.63) is 59.2 Å². The van der Waals surface area contributed by atoms with E-state index in [9.17, 15) is 10.2 Å². The number of hydrogen-bond donors (Lipinski definition) is 2. The first-order chi connectivity index (χ1) is 15.6. The van der Waals surface area contributed by atoms with Crippen LogP contribution in [-0.4, -0.2) is 52.1 Å². The van der Waals surface area contributed by atoms with Gasteiger partial charge in [0, 0.05) is 18.2 Å². The third kappa shape index (κ3) is 2.50. The van der Waals surface area contributed by atoms with E-state index >= 15 is 0 Å². The van der Waals surface area contributed by atoms with Crippen molar-refractivity contribution in [2.75, 3.05) is 13.1 Å². The number of likely N-dealkylation sites (tertiary alicyclic amines) is 1. The molecule has 2 unspecified atom stereocenters. The number of rotatable bonds is 5. The highest BCUT2D eigenvalue weighted by Crippen LogP contribution is 2.65. The van der Waals surface area contributed by atoms with Gasteiger partial charge in [-0.2, -0.15) is 0 Å². The van der Waals surface area contributed by atoms with Gasteiger partial charge in [-0.3, -0.25) is 4.90 Å². The van der Waals surface area contributed by atoms with Crippen LogP contribution in [0.2, 0.25) is 0 Å². The molecule has 2 aromatic rings. The number of aliphatic hydroxyl groups is 2. The van der Waals surface area contributed by atoms with Gasteiger partial charge in [0.15, 0.2) is 11.5 Å². The second-order valence-corrected chi connectivity index (χ2v) is 10.6. The molecule has 32 heavy (non-hydrogen) atoms. The molecule has 0 amide bonds. The number of piperidine rings is 1. The summed E-state index contributed by atoms with van der Waals surface area (Å²) in [5.74, 6) is 2.28. The van der Waals surface area contributed by atoms with Crippen LogP contribution in [0.3, 0.4) is 0 Å². The monoisotopic (exact) mass is 433 g/mol. The average Bonchev–Trinajstić information content (AvgIpc) is 3.55. The lowest BCUT2D eigenvalue weighted by molar-refractivity contribution is -0.208. The molecule has 2 heterocycles. The minimum atomic E-state index is -0.861. The van der Waals surface area contributed by atoms with Crippen LogP contribution in [0.15, 0.2) is 42.5 Å². The van der Waals surface area contributed by atoms with E-state index in [4.69, 9.17) is 9.47 Å². The van der Waals surface area contributed by atoms with E-state index in [1.54, 1.807) is 0 Å². The van der Waals surface area contributed by atoms with Gasteiger partial charge < -0.3 is 19.7 Å². The summed E-state index contributed by atoms with van der Waals surface area (Å²) in [5, 5.41) is 23.4. The van der Waals surface area contributed by atoms with Crippen LogP contribution in [0.25, 0.3) is 0 Å². The summed E-state index contributed by atoms with van der Waals surface area (Å²) in [7, 11) is 0. The Bertz CT molecular complexity index is 1050. The summed E-state index contributed by atoms with van der Waals surface area (Å²) in [6.07, 6.45) is 4.57. The van der Waals surface area contributed by atoms with Gasteiger partial charge in [-0.25, -0.2) is 0 Å². The van der Waals surface area contributed by atoms with E-state index in [1.165, 1.54) is 18.4 Å². The molecule has 2 saturated carbocycles. The van der Waals surface area contributed by atoms with Crippen LogP contribution in [0.5, 0.6) is 11.5 Å². The minimum absolute atomic E-state index is 0.102. The maximum Gasteiger partial charge on any atom is 0.166 e. The maximum absolute atomic E-state index is 12.4. The van der Waals surface area contributed by atoms with E-state index < -0.39 is 23.2 Å². The van der Waals surface area contributed by atoms with Gasteiger partial charge in [-0.05, 0) is 68.2 Å². The molecule has 2 aliphatic heterocycles. The second kappa shape index (κ2) is 6.72. The number of benzene rings is 2. The van der Waals surface area contributed by atoms with Crippen molar-refractivity contribution in [2.45, 2.75) is 74.4 Å². The molecule has 3 fully saturated rings. The quantitative estimate of drug-likeness (QED) is 0.758. The lowest BCUT2D eigenvalue weighted by atomic mass is 9.48. The van der Waals surface area contributed by atoms with E-state index in [2.05, 4.69) is 23.1 Å². The molecule has 2 N–H and O–H groups in total. The zero-order valence-electron chi connectivity index (χ0n) is 18.4. The Morgan fingerprint density at radius 3 is 2.72 bits per heavy atom. The summed E-state index contributed by atoms with van der Waals surface area (Å²) in [6.45, 7) is 2.53. The zero-order valence-corrected chi connectivity index (χ0v) is 18.4. The fraction of sp³-hybridized carbons (Fsp3) is 0.556. The molecular weight excluding hydrogens is 402 g/mol. The smallest absolute Gasteiger partial charge is 0.166 e. The molecule has 5 heteroatoms. The van der Waals surface area contributed by atoms with Crippen LogP contribution in [0.4, 0.5) is 0 Å². The van der Waals surface area contributed by atoms with E-state index in [0.717, 1.165) is 54.5 Å². The maximum atomic E-state index is 12.4. The largest absolute Gasteiger partial charge is 0.485 e. The van der Waals surface area contributed by atoms with Gasteiger partial charge in [0.05, 0.1) is 17.1 Å². The Morgan fingerprint density at radius 1 is 1.06 bits per heavy atom. The van der Waals surface area contributed by atoms with Gasteiger partial charge in [0.2, 0.25) is 0 Å². The van der Waals surface area contributed by atoms with Gasteiger partial charge in [-0.1, -0.05) is 36.4 Å². The van der Waals surface area contributed by atoms with Crippen LogP contribution < -0.4 is 9.47 Å². The van der Waals surface area contributed by atoms with Gasteiger partial charge in [-0.15, -0.1) is 0 Å². The normalized spacial score (nSPS) is 37.0. The van der Waals surface area contributed by atoms with Crippen molar-refractivity contribution in [3.8, 4) is 11.5 Å². The summed E-state index contributed by atoms with van der Waals surface area (Å²) in [4.78, 5) is 2.55. The highest BCUT2D eigenvalue weighted by Gasteiger charge is 2.73. The van der Waals surface area contributed by atoms with Gasteiger partial charge in [0.25, 0.3) is 0 Å². The lowest BCUT2D eigenvalue weighted by Crippen LogP contribution is -2.77. The standard InChI is InChI=1S/C27H31NO4/c29-20-10-11-27(30)22-14-19-8-9-21(31-16-18-4-2-1-3-5-18)24-23(19)26(27,25(20)32-24)12-13-28(22)15-17-6-7-17/h1-5,8-9,17,20,22,25,29-30H,6-7,10-16H2/t20?,22-,25?,26+,27-/m1/s1. The highest BCUT2D eigenvalue weighted by atomic mass is 16.5. The number of hydrogen-bond acceptors (Lipinski definition) is 5. The predicted octanol–water partition coefficient (Wildman–Crippen LogP) is 3.19. The Kier molecular flexibility index (Phi) is 4.07. The molecule has 5 atom stereocenters. The van der Waals surface area contributed by atoms with Crippen molar-refractivity contribution in [1.82, 2.24) is 4.90 Å². The van der Waals surface area contributed by atoms with Crippen molar-refractivity contribution < 1.29 is 19.7 Å². The number of ether oxygens (including phenoxy) is 2. The Labute approximate surface area is 189 Å². The Hall–Kier alpha value is -2.08. The summed E-state index contributed by atoms with van der Waals surface area (Å²) >= 11 is 0. The van der Waals surface area contributed by atoms with E-state index in [-0.39, 0.29) is 6.04 Å². The third-order valence-corrected chi connectivity index (χ3v) is 8.95. The first kappa shape index (κ1) is 19.4. The van der Waals surface area contributed by atoms with Crippen molar-refractivity contribution in [3.63, 3.8) is 0 Å². The molecule has 1 saturated heterocycles. The van der Waals surface area contributed by atoms with Crippen LogP contribution in [0, 0.1) is 5.92 Å². The number of nitrogens with zero attached hydrogens (tertiary/aromatic N) is 1. The molecule has 0 radical (unpaired) electrons. The molecule has 2 bridgehead atoms. The summed E-state index contributed by atoms with van der Waals surface area (Å²) in [5.41, 5.74) is 2.09. The first-order valence-corrected chi connectivity index (χ1v) is 12.2. The zero-order chi connectivity index (χ0) is 21.5. The van der Waals surface area contributed by atoms with E-state index in [1.807, 2.05) is 24.3 Å². The SMILES string of the molecule is OC1CC[C@@]2(O)[C@H]3Cc4ccc(OCc5ccccc5)c5c4[C@@]2(CCN3CC2CC2)C1O5. The molecule has 1 spiro atoms. The summed E-state index contributed by atoms with van der Waals surface area (Å²) < 4.78 is 12.8. The molecule has 7 rings (SSSR count). The topological polar surface area (TPSA) is 62.2 Å². The van der Waals surface area contributed by atoms with Crippen molar-refractivity contribution >= 4 is 0 Å². The van der Waals surface area contributed by atoms with Crippen molar-refractivity contribution in [2.24, 2.45) is 5.92 Å². The van der Waals surface area contributed by atoms with Crippen molar-refractivity contribution in [1.29, 1.82) is 0 Å². The number of aliphatic hydroxyl groups excluding tert-OH is 1. The Morgan fingerprint density at radius 2 is 1.91 bits per heavy atom. The molecule has 5 aliphatic rings. The van der Waals surface area contributed by atoms with Crippen LogP contribution in [0.1, 0.15) is 48.8 Å². The molecule has 3 aliphatic carbocycles. The molecule has 2 aromatic carbocycles. The first-order valence-electron chi connectivity index (χ1n) is 12.2. The van der Waals surface area contributed by atoms with Crippen LogP contribution in [-0.2, 0) is 18.4 Å². The highest BCUT2D eigenvalue weighted by molar-refractivity contribution is 5.63. The fourth-order valence-electron chi connectivity index (χ4n) is 7.29.